The smallest absolute Gasteiger partial charge is 0.238 e. The lowest BCUT2D eigenvalue weighted by Crippen LogP contribution is -2.31. The number of halogens is 1. The average Bonchev–Trinajstić information content (AvgIpc) is 2.85. The fourth-order valence-corrected chi connectivity index (χ4v) is 2.17. The van der Waals surface area contributed by atoms with Crippen LogP contribution in [0.1, 0.15) is 24.6 Å². The summed E-state index contributed by atoms with van der Waals surface area (Å²) in [5.74, 6) is 0.112. The maximum atomic E-state index is 11.5. The average molecular weight is 213 g/mol. The molecule has 1 aliphatic rings. The number of hydrogen-bond donors (Lipinski definition) is 1. The third-order valence-corrected chi connectivity index (χ3v) is 2.90. The van der Waals surface area contributed by atoms with E-state index in [1.54, 1.807) is 0 Å². The van der Waals surface area contributed by atoms with Crippen LogP contribution >= 0.6 is 11.6 Å². The number of carbonyl (C=O) groups is 1. The minimum absolute atomic E-state index is 0.0313. The van der Waals surface area contributed by atoms with Gasteiger partial charge in [0.2, 0.25) is 5.91 Å². The molecule has 1 fully saturated rings. The fraction of sp³-hybridized carbons (Fsp3) is 0.500. The summed E-state index contributed by atoms with van der Waals surface area (Å²) in [4.78, 5) is 16.5. The number of likely N-dealkylation sites (tertiary alicyclic amines) is 1. The van der Waals surface area contributed by atoms with Gasteiger partial charge in [-0.3, -0.25) is 4.79 Å². The third kappa shape index (κ3) is 1.64. The standard InChI is InChI=1S/C10H13ClN2O/c11-7-10(14)13-6-2-4-9(13)8-3-1-5-12-8/h1,3,5,9,12H,2,4,6-7H2. The summed E-state index contributed by atoms with van der Waals surface area (Å²) < 4.78 is 0. The Morgan fingerprint density at radius 2 is 2.57 bits per heavy atom. The summed E-state index contributed by atoms with van der Waals surface area (Å²) >= 11 is 5.56. The number of alkyl halides is 1. The van der Waals surface area contributed by atoms with E-state index in [0.717, 1.165) is 25.1 Å². The highest BCUT2D eigenvalue weighted by atomic mass is 35.5. The van der Waals surface area contributed by atoms with E-state index in [0.29, 0.717) is 0 Å². The van der Waals surface area contributed by atoms with E-state index in [9.17, 15) is 4.79 Å². The van der Waals surface area contributed by atoms with Gasteiger partial charge in [0.05, 0.1) is 6.04 Å². The van der Waals surface area contributed by atoms with Crippen LogP contribution in [0, 0.1) is 0 Å². The molecule has 1 aliphatic heterocycles. The number of rotatable bonds is 2. The van der Waals surface area contributed by atoms with Crippen LogP contribution in [0.2, 0.25) is 0 Å². The zero-order valence-electron chi connectivity index (χ0n) is 7.87. The van der Waals surface area contributed by atoms with Crippen LogP contribution in [0.4, 0.5) is 0 Å². The molecule has 76 valence electrons. The first-order chi connectivity index (χ1) is 6.83. The molecule has 2 heterocycles. The van der Waals surface area contributed by atoms with Gasteiger partial charge in [-0.25, -0.2) is 0 Å². The summed E-state index contributed by atoms with van der Waals surface area (Å²) in [7, 11) is 0. The Balaban J connectivity index is 2.15. The second-order valence-corrected chi connectivity index (χ2v) is 3.77. The van der Waals surface area contributed by atoms with E-state index in [2.05, 4.69) is 4.98 Å². The van der Waals surface area contributed by atoms with Crippen molar-refractivity contribution in [3.63, 3.8) is 0 Å². The van der Waals surface area contributed by atoms with Crippen molar-refractivity contribution in [1.82, 2.24) is 9.88 Å². The van der Waals surface area contributed by atoms with Gasteiger partial charge in [-0.1, -0.05) is 0 Å². The van der Waals surface area contributed by atoms with Crippen molar-refractivity contribution < 1.29 is 4.79 Å². The quantitative estimate of drug-likeness (QED) is 0.748. The molecule has 14 heavy (non-hydrogen) atoms. The van der Waals surface area contributed by atoms with Crippen molar-refractivity contribution in [2.75, 3.05) is 12.4 Å². The molecule has 0 bridgehead atoms. The molecule has 0 aliphatic carbocycles. The van der Waals surface area contributed by atoms with Crippen molar-refractivity contribution in [2.45, 2.75) is 18.9 Å². The Hall–Kier alpha value is -0.960. The first-order valence-corrected chi connectivity index (χ1v) is 5.35. The number of nitrogens with one attached hydrogen (secondary N) is 1. The topological polar surface area (TPSA) is 36.1 Å². The maximum absolute atomic E-state index is 11.5. The molecule has 0 spiro atoms. The maximum Gasteiger partial charge on any atom is 0.238 e. The zero-order chi connectivity index (χ0) is 9.97. The number of amides is 1. The summed E-state index contributed by atoms with van der Waals surface area (Å²) in [6.07, 6.45) is 3.98. The van der Waals surface area contributed by atoms with Crippen molar-refractivity contribution in [3.8, 4) is 0 Å². The van der Waals surface area contributed by atoms with Crippen molar-refractivity contribution >= 4 is 17.5 Å². The van der Waals surface area contributed by atoms with Crippen molar-refractivity contribution in [1.29, 1.82) is 0 Å². The molecule has 0 aromatic carbocycles. The summed E-state index contributed by atoms with van der Waals surface area (Å²) in [6, 6.07) is 4.18. The molecule has 1 atom stereocenters. The van der Waals surface area contributed by atoms with Gasteiger partial charge in [-0.2, -0.15) is 0 Å². The minimum atomic E-state index is 0.0313. The molecular formula is C10H13ClN2O. The predicted molar refractivity (Wildman–Crippen MR) is 55.2 cm³/mol. The highest BCUT2D eigenvalue weighted by Gasteiger charge is 2.29. The van der Waals surface area contributed by atoms with E-state index < -0.39 is 0 Å². The summed E-state index contributed by atoms with van der Waals surface area (Å²) in [6.45, 7) is 0.829. The monoisotopic (exact) mass is 212 g/mol. The Morgan fingerprint density at radius 3 is 3.21 bits per heavy atom. The van der Waals surface area contributed by atoms with E-state index in [1.807, 2.05) is 23.2 Å². The predicted octanol–water partition coefficient (Wildman–Crippen LogP) is 1.92. The number of H-pyrrole nitrogens is 1. The van der Waals surface area contributed by atoms with Crippen LogP contribution in [0.3, 0.4) is 0 Å². The number of aromatic nitrogens is 1. The Bertz CT molecular complexity index is 310. The molecule has 1 amide bonds. The second-order valence-electron chi connectivity index (χ2n) is 3.50. The van der Waals surface area contributed by atoms with Crippen LogP contribution in [-0.4, -0.2) is 28.2 Å². The van der Waals surface area contributed by atoms with Crippen LogP contribution in [0.25, 0.3) is 0 Å². The van der Waals surface area contributed by atoms with Crippen molar-refractivity contribution in [2.24, 2.45) is 0 Å². The molecule has 3 nitrogen and oxygen atoms in total. The van der Waals surface area contributed by atoms with E-state index in [4.69, 9.17) is 11.6 Å². The second kappa shape index (κ2) is 4.05. The molecular weight excluding hydrogens is 200 g/mol. The Morgan fingerprint density at radius 1 is 1.71 bits per heavy atom. The molecule has 1 unspecified atom stereocenters. The molecule has 0 saturated carbocycles. The summed E-state index contributed by atoms with van der Waals surface area (Å²) in [5.41, 5.74) is 1.11. The van der Waals surface area contributed by atoms with Crippen LogP contribution in [0.5, 0.6) is 0 Å². The van der Waals surface area contributed by atoms with E-state index in [-0.39, 0.29) is 17.8 Å². The minimum Gasteiger partial charge on any atom is -0.363 e. The van der Waals surface area contributed by atoms with Crippen LogP contribution < -0.4 is 0 Å². The van der Waals surface area contributed by atoms with Gasteiger partial charge < -0.3 is 9.88 Å². The van der Waals surface area contributed by atoms with Gasteiger partial charge in [0.15, 0.2) is 0 Å². The lowest BCUT2D eigenvalue weighted by molar-refractivity contribution is -0.129. The van der Waals surface area contributed by atoms with Gasteiger partial charge in [0, 0.05) is 18.4 Å². The molecule has 1 N–H and O–H groups in total. The number of hydrogen-bond acceptors (Lipinski definition) is 1. The molecule has 1 saturated heterocycles. The lowest BCUT2D eigenvalue weighted by Gasteiger charge is -2.22. The van der Waals surface area contributed by atoms with Gasteiger partial charge in [0.25, 0.3) is 0 Å². The van der Waals surface area contributed by atoms with Crippen molar-refractivity contribution in [3.05, 3.63) is 24.0 Å². The number of carbonyl (C=O) groups excluding carboxylic acids is 1. The first-order valence-electron chi connectivity index (χ1n) is 4.81. The van der Waals surface area contributed by atoms with Gasteiger partial charge in [0.1, 0.15) is 5.88 Å². The molecule has 2 rings (SSSR count). The molecule has 1 aromatic heterocycles. The molecule has 1 aromatic rings. The van der Waals surface area contributed by atoms with Crippen LogP contribution in [-0.2, 0) is 4.79 Å². The fourth-order valence-electron chi connectivity index (χ4n) is 2.02. The SMILES string of the molecule is O=C(CCl)N1CCCC1c1ccc[nH]1. The normalized spacial score (nSPS) is 21.5. The first kappa shape index (κ1) is 9.59. The van der Waals surface area contributed by atoms with Gasteiger partial charge in [-0.05, 0) is 25.0 Å². The Labute approximate surface area is 88.0 Å². The molecule has 4 heteroatoms. The largest absolute Gasteiger partial charge is 0.363 e. The highest BCUT2D eigenvalue weighted by molar-refractivity contribution is 6.27. The number of aromatic amines is 1. The lowest BCUT2D eigenvalue weighted by atomic mass is 10.1. The molecule has 0 radical (unpaired) electrons. The van der Waals surface area contributed by atoms with E-state index in [1.165, 1.54) is 0 Å². The summed E-state index contributed by atoms with van der Waals surface area (Å²) in [5, 5.41) is 0. The highest BCUT2D eigenvalue weighted by Crippen LogP contribution is 2.30. The zero-order valence-corrected chi connectivity index (χ0v) is 8.63. The number of nitrogens with zero attached hydrogens (tertiary/aromatic N) is 1. The van der Waals surface area contributed by atoms with Crippen LogP contribution in [0.15, 0.2) is 18.3 Å². The van der Waals surface area contributed by atoms with Gasteiger partial charge in [-0.15, -0.1) is 11.6 Å². The third-order valence-electron chi connectivity index (χ3n) is 2.67. The van der Waals surface area contributed by atoms with E-state index >= 15 is 0 Å². The van der Waals surface area contributed by atoms with Gasteiger partial charge >= 0.3 is 0 Å². The Kier molecular flexibility index (Phi) is 2.77.